The number of hydrogen-bond donors (Lipinski definition) is 2. The summed E-state index contributed by atoms with van der Waals surface area (Å²) in [6.45, 7) is 1.92. The van der Waals surface area contributed by atoms with Crippen molar-refractivity contribution in [1.82, 2.24) is 14.9 Å². The fourth-order valence-corrected chi connectivity index (χ4v) is 3.70. The highest BCUT2D eigenvalue weighted by molar-refractivity contribution is 7.98. The summed E-state index contributed by atoms with van der Waals surface area (Å²) in [7, 11) is 0. The van der Waals surface area contributed by atoms with Gasteiger partial charge >= 0.3 is 0 Å². The second-order valence-corrected chi connectivity index (χ2v) is 7.14. The minimum atomic E-state index is 0.382. The second kappa shape index (κ2) is 7.69. The number of thioether (sulfide) groups is 1. The van der Waals surface area contributed by atoms with Gasteiger partial charge in [0.25, 0.3) is 5.95 Å². The first-order chi connectivity index (χ1) is 11.6. The number of aromatic nitrogens is 3. The zero-order valence-corrected chi connectivity index (χ0v) is 15.2. The molecule has 3 N–H and O–H groups in total. The molecule has 2 aromatic heterocycles. The molecule has 0 spiro atoms. The molecular weight excluding hydrogens is 364 g/mol. The average molecular weight is 379 g/mol. The third-order valence-corrected chi connectivity index (χ3v) is 5.52. The predicted octanol–water partition coefficient (Wildman–Crippen LogP) is 3.84. The van der Waals surface area contributed by atoms with Crippen LogP contribution in [0.1, 0.15) is 17.4 Å². The average Bonchev–Trinajstić information content (AvgIpc) is 3.23. The van der Waals surface area contributed by atoms with Crippen LogP contribution in [0.15, 0.2) is 52.0 Å². The molecule has 0 amide bonds. The third kappa shape index (κ3) is 3.89. The molecule has 0 aliphatic rings. The van der Waals surface area contributed by atoms with Crippen LogP contribution in [-0.4, -0.2) is 20.6 Å². The van der Waals surface area contributed by atoms with Crippen molar-refractivity contribution < 1.29 is 0 Å². The zero-order chi connectivity index (χ0) is 16.9. The van der Waals surface area contributed by atoms with Gasteiger partial charge < -0.3 is 5.84 Å². The van der Waals surface area contributed by atoms with Gasteiger partial charge in [-0.25, -0.2) is 10.1 Å². The summed E-state index contributed by atoms with van der Waals surface area (Å²) < 4.78 is 1.38. The molecule has 0 saturated heterocycles. The smallest absolute Gasteiger partial charge is 0.264 e. The number of nitrogens with two attached hydrogens (primary N) is 1. The van der Waals surface area contributed by atoms with Crippen LogP contribution in [-0.2, 0) is 5.75 Å². The van der Waals surface area contributed by atoms with E-state index in [1.807, 2.05) is 48.7 Å². The molecule has 0 aliphatic carbocycles. The number of rotatable bonds is 6. The van der Waals surface area contributed by atoms with Gasteiger partial charge in [0.05, 0.1) is 5.71 Å². The Balaban J connectivity index is 1.66. The fourth-order valence-electron chi connectivity index (χ4n) is 1.88. The summed E-state index contributed by atoms with van der Waals surface area (Å²) in [5, 5.41) is 15.7. The lowest BCUT2D eigenvalue weighted by Gasteiger charge is -2.05. The first-order valence-corrected chi connectivity index (χ1v) is 9.30. The maximum atomic E-state index is 6.15. The molecule has 3 aromatic rings. The van der Waals surface area contributed by atoms with Crippen molar-refractivity contribution in [2.24, 2.45) is 5.10 Å². The molecule has 3 rings (SSSR count). The third-order valence-electron chi connectivity index (χ3n) is 3.18. The zero-order valence-electron chi connectivity index (χ0n) is 12.8. The SMILES string of the molecule is C/C(=N\Nc1nnc(SCc2ccccc2Cl)n1N)c1cccs1. The maximum absolute atomic E-state index is 6.15. The summed E-state index contributed by atoms with van der Waals surface area (Å²) in [6.07, 6.45) is 0. The molecule has 0 saturated carbocycles. The number of nitrogens with zero attached hydrogens (tertiary/aromatic N) is 4. The quantitative estimate of drug-likeness (QED) is 0.295. The summed E-state index contributed by atoms with van der Waals surface area (Å²) in [6, 6.07) is 11.7. The summed E-state index contributed by atoms with van der Waals surface area (Å²) in [5.74, 6) is 7.06. The van der Waals surface area contributed by atoms with Crippen LogP contribution in [0.5, 0.6) is 0 Å². The van der Waals surface area contributed by atoms with Crippen molar-refractivity contribution in [3.05, 3.63) is 57.2 Å². The van der Waals surface area contributed by atoms with E-state index >= 15 is 0 Å². The number of thiophene rings is 1. The van der Waals surface area contributed by atoms with Gasteiger partial charge in [-0.2, -0.15) is 5.10 Å². The Kier molecular flexibility index (Phi) is 5.39. The van der Waals surface area contributed by atoms with E-state index in [9.17, 15) is 0 Å². The van der Waals surface area contributed by atoms with Crippen LogP contribution in [0.25, 0.3) is 0 Å². The Morgan fingerprint density at radius 2 is 2.17 bits per heavy atom. The van der Waals surface area contributed by atoms with Crippen LogP contribution in [0.3, 0.4) is 0 Å². The lowest BCUT2D eigenvalue weighted by molar-refractivity contribution is 0.846. The molecule has 6 nitrogen and oxygen atoms in total. The molecule has 124 valence electrons. The normalized spacial score (nSPS) is 11.7. The molecule has 0 radical (unpaired) electrons. The topological polar surface area (TPSA) is 81.1 Å². The highest BCUT2D eigenvalue weighted by Gasteiger charge is 2.11. The van der Waals surface area contributed by atoms with Gasteiger partial charge in [0, 0.05) is 15.7 Å². The lowest BCUT2D eigenvalue weighted by Crippen LogP contribution is -2.13. The van der Waals surface area contributed by atoms with Crippen molar-refractivity contribution >= 4 is 46.4 Å². The molecule has 9 heteroatoms. The van der Waals surface area contributed by atoms with Crippen LogP contribution >= 0.6 is 34.7 Å². The van der Waals surface area contributed by atoms with Gasteiger partial charge in [-0.05, 0) is 30.0 Å². The van der Waals surface area contributed by atoms with Gasteiger partial charge in [0.2, 0.25) is 5.16 Å². The van der Waals surface area contributed by atoms with Gasteiger partial charge in [0.15, 0.2) is 0 Å². The van der Waals surface area contributed by atoms with E-state index in [4.69, 9.17) is 17.4 Å². The van der Waals surface area contributed by atoms with E-state index in [-0.39, 0.29) is 0 Å². The van der Waals surface area contributed by atoms with Crippen LogP contribution in [0.2, 0.25) is 5.02 Å². The molecule has 0 unspecified atom stereocenters. The van der Waals surface area contributed by atoms with E-state index in [1.165, 1.54) is 16.4 Å². The van der Waals surface area contributed by atoms with E-state index < -0.39 is 0 Å². The standard InChI is InChI=1S/C15H15ClN6S2/c1-10(13-7-4-8-23-13)18-19-14-20-21-15(22(14)17)24-9-11-5-2-3-6-12(11)16/h2-8H,9,17H2,1H3,(H,19,20)/b18-10+. The minimum absolute atomic E-state index is 0.382. The van der Waals surface area contributed by atoms with Crippen molar-refractivity contribution in [3.8, 4) is 0 Å². The van der Waals surface area contributed by atoms with Crippen molar-refractivity contribution in [2.75, 3.05) is 11.3 Å². The molecule has 0 fully saturated rings. The van der Waals surface area contributed by atoms with E-state index in [0.29, 0.717) is 16.9 Å². The Labute approximate surface area is 152 Å². The second-order valence-electron chi connectivity index (χ2n) is 4.84. The number of halogens is 1. The Morgan fingerprint density at radius 1 is 1.33 bits per heavy atom. The predicted molar refractivity (Wildman–Crippen MR) is 101 cm³/mol. The highest BCUT2D eigenvalue weighted by atomic mass is 35.5. The van der Waals surface area contributed by atoms with Crippen LogP contribution in [0, 0.1) is 0 Å². The van der Waals surface area contributed by atoms with E-state index in [2.05, 4.69) is 20.7 Å². The van der Waals surface area contributed by atoms with Crippen LogP contribution < -0.4 is 11.3 Å². The maximum Gasteiger partial charge on any atom is 0.264 e. The molecule has 0 bridgehead atoms. The number of nitrogen functional groups attached to an aromatic ring is 1. The monoisotopic (exact) mass is 378 g/mol. The number of anilines is 1. The molecule has 0 atom stereocenters. The van der Waals surface area contributed by atoms with E-state index in [1.54, 1.807) is 11.3 Å². The Bertz CT molecular complexity index is 844. The van der Waals surface area contributed by atoms with Gasteiger partial charge in [-0.3, -0.25) is 0 Å². The summed E-state index contributed by atoms with van der Waals surface area (Å²) in [5.41, 5.74) is 4.73. The lowest BCUT2D eigenvalue weighted by atomic mass is 10.2. The van der Waals surface area contributed by atoms with Gasteiger partial charge in [-0.1, -0.05) is 47.6 Å². The molecule has 24 heavy (non-hydrogen) atoms. The first-order valence-electron chi connectivity index (χ1n) is 7.06. The van der Waals surface area contributed by atoms with Gasteiger partial charge in [-0.15, -0.1) is 21.5 Å². The largest absolute Gasteiger partial charge is 0.334 e. The Hall–Kier alpha value is -2.03. The van der Waals surface area contributed by atoms with Crippen LogP contribution in [0.4, 0.5) is 5.95 Å². The molecule has 2 heterocycles. The number of nitrogens with one attached hydrogen (secondary N) is 1. The molecule has 0 aliphatic heterocycles. The molecular formula is C15H15ClN6S2. The van der Waals surface area contributed by atoms with Crippen molar-refractivity contribution in [1.29, 1.82) is 0 Å². The Morgan fingerprint density at radius 3 is 2.92 bits per heavy atom. The van der Waals surface area contributed by atoms with Crippen molar-refractivity contribution in [3.63, 3.8) is 0 Å². The molecule has 1 aromatic carbocycles. The summed E-state index contributed by atoms with van der Waals surface area (Å²) >= 11 is 9.23. The van der Waals surface area contributed by atoms with E-state index in [0.717, 1.165) is 21.2 Å². The fraction of sp³-hybridized carbons (Fsp3) is 0.133. The highest BCUT2D eigenvalue weighted by Crippen LogP contribution is 2.25. The number of hydrogen-bond acceptors (Lipinski definition) is 7. The van der Waals surface area contributed by atoms with Crippen molar-refractivity contribution in [2.45, 2.75) is 17.8 Å². The summed E-state index contributed by atoms with van der Waals surface area (Å²) in [4.78, 5) is 1.08. The van der Waals surface area contributed by atoms with Gasteiger partial charge in [0.1, 0.15) is 0 Å². The number of benzene rings is 1. The number of hydrazone groups is 1. The first kappa shape index (κ1) is 16.8. The minimum Gasteiger partial charge on any atom is -0.334 e.